The second-order valence-corrected chi connectivity index (χ2v) is 7.63. The van der Waals surface area contributed by atoms with E-state index in [1.807, 2.05) is 19.9 Å². The summed E-state index contributed by atoms with van der Waals surface area (Å²) >= 11 is 0. The van der Waals surface area contributed by atoms with Gasteiger partial charge in [-0.1, -0.05) is 6.92 Å². The van der Waals surface area contributed by atoms with Crippen LogP contribution in [0.15, 0.2) is 12.1 Å². The summed E-state index contributed by atoms with van der Waals surface area (Å²) in [6.07, 6.45) is 1.70. The lowest BCUT2D eigenvalue weighted by Gasteiger charge is -2.29. The molecule has 30 heavy (non-hydrogen) atoms. The quantitative estimate of drug-likeness (QED) is 0.592. The lowest BCUT2D eigenvalue weighted by Crippen LogP contribution is -2.43. The van der Waals surface area contributed by atoms with Crippen molar-refractivity contribution in [3.05, 3.63) is 29.2 Å². The van der Waals surface area contributed by atoms with Crippen LogP contribution in [0, 0.1) is 26.7 Å². The number of esters is 1. The van der Waals surface area contributed by atoms with Crippen LogP contribution in [0.4, 0.5) is 5.82 Å². The monoisotopic (exact) mass is 414 g/mol. The van der Waals surface area contributed by atoms with E-state index in [2.05, 4.69) is 27.3 Å². The van der Waals surface area contributed by atoms with Crippen molar-refractivity contribution in [2.75, 3.05) is 25.0 Å². The molecule has 1 saturated heterocycles. The Morgan fingerprint density at radius 3 is 2.33 bits per heavy atom. The number of carbonyl (C=O) groups is 3. The summed E-state index contributed by atoms with van der Waals surface area (Å²) in [5.41, 5.74) is 2.18. The van der Waals surface area contributed by atoms with E-state index in [0.29, 0.717) is 36.5 Å². The summed E-state index contributed by atoms with van der Waals surface area (Å²) in [4.78, 5) is 46.6. The summed E-state index contributed by atoms with van der Waals surface area (Å²) in [7, 11) is 0. The van der Waals surface area contributed by atoms with Crippen LogP contribution in [0.2, 0.25) is 0 Å². The van der Waals surface area contributed by atoms with Crippen LogP contribution in [0.25, 0.3) is 5.95 Å². The fourth-order valence-corrected chi connectivity index (χ4v) is 3.26. The number of nitrogens with one attached hydrogen (secondary N) is 1. The molecule has 0 aromatic carbocycles. The van der Waals surface area contributed by atoms with Gasteiger partial charge in [0.05, 0.1) is 5.69 Å². The van der Waals surface area contributed by atoms with Gasteiger partial charge in [0, 0.05) is 30.5 Å². The number of likely N-dealkylation sites (tertiary alicyclic amines) is 1. The van der Waals surface area contributed by atoms with E-state index >= 15 is 0 Å². The molecular formula is C20H26N6O4. The van der Waals surface area contributed by atoms with E-state index in [1.165, 1.54) is 9.58 Å². The molecule has 2 aromatic heterocycles. The van der Waals surface area contributed by atoms with Gasteiger partial charge in [-0.3, -0.25) is 9.59 Å². The topological polar surface area (TPSA) is 119 Å². The fourth-order valence-electron chi connectivity index (χ4n) is 3.26. The fraction of sp³-hybridized carbons (Fsp3) is 0.500. The minimum Gasteiger partial charge on any atom is -0.448 e. The zero-order chi connectivity index (χ0) is 21.8. The van der Waals surface area contributed by atoms with Gasteiger partial charge in [-0.05, 0) is 45.6 Å². The predicted molar refractivity (Wildman–Crippen MR) is 108 cm³/mol. The third kappa shape index (κ3) is 5.19. The summed E-state index contributed by atoms with van der Waals surface area (Å²) in [6, 6.07) is 3.48. The van der Waals surface area contributed by atoms with E-state index < -0.39 is 24.4 Å². The van der Waals surface area contributed by atoms with Crippen molar-refractivity contribution < 1.29 is 19.1 Å². The largest absolute Gasteiger partial charge is 0.448 e. The van der Waals surface area contributed by atoms with E-state index in [1.54, 1.807) is 13.0 Å². The summed E-state index contributed by atoms with van der Waals surface area (Å²) in [6.45, 7) is 8.03. The Balaban J connectivity index is 1.60. The number of piperidine rings is 1. The Morgan fingerprint density at radius 1 is 1.07 bits per heavy atom. The average Bonchev–Trinajstić information content (AvgIpc) is 3.05. The minimum absolute atomic E-state index is 0.322. The van der Waals surface area contributed by atoms with Gasteiger partial charge in [-0.15, -0.1) is 0 Å². The first-order valence-corrected chi connectivity index (χ1v) is 9.88. The third-order valence-corrected chi connectivity index (χ3v) is 4.84. The molecule has 10 heteroatoms. The molecule has 1 fully saturated rings. The number of ether oxygens (including phenoxy) is 1. The number of carbonyl (C=O) groups excluding carboxylic acids is 3. The highest BCUT2D eigenvalue weighted by Gasteiger charge is 2.27. The molecule has 2 aromatic rings. The number of aromatic nitrogens is 4. The summed E-state index contributed by atoms with van der Waals surface area (Å²) < 4.78 is 6.32. The van der Waals surface area contributed by atoms with Crippen LogP contribution < -0.4 is 5.32 Å². The Kier molecular flexibility index (Phi) is 6.43. The highest BCUT2D eigenvalue weighted by Crippen LogP contribution is 2.17. The number of anilines is 1. The van der Waals surface area contributed by atoms with Gasteiger partial charge < -0.3 is 15.0 Å². The van der Waals surface area contributed by atoms with Gasteiger partial charge in [0.1, 0.15) is 5.82 Å². The molecular weight excluding hydrogens is 388 g/mol. The maximum Gasteiger partial charge on any atom is 0.397 e. The first-order valence-electron chi connectivity index (χ1n) is 9.88. The smallest absolute Gasteiger partial charge is 0.397 e. The maximum atomic E-state index is 12.3. The van der Waals surface area contributed by atoms with Crippen LogP contribution in [0.5, 0.6) is 0 Å². The molecule has 0 saturated carbocycles. The van der Waals surface area contributed by atoms with Crippen LogP contribution in [0.1, 0.15) is 36.8 Å². The SMILES string of the molecule is Cc1cc(C)nc(-n2nc(C)cc2NC(=O)COC(=O)C(=O)N2CCC(C)CC2)n1. The highest BCUT2D eigenvalue weighted by atomic mass is 16.5. The number of aryl methyl sites for hydroxylation is 3. The van der Waals surface area contributed by atoms with Crippen molar-refractivity contribution in [2.45, 2.75) is 40.5 Å². The van der Waals surface area contributed by atoms with Crippen molar-refractivity contribution in [1.29, 1.82) is 0 Å². The van der Waals surface area contributed by atoms with Crippen molar-refractivity contribution in [3.63, 3.8) is 0 Å². The first-order chi connectivity index (χ1) is 14.2. The molecule has 160 valence electrons. The van der Waals surface area contributed by atoms with Crippen molar-refractivity contribution in [2.24, 2.45) is 5.92 Å². The molecule has 2 amide bonds. The summed E-state index contributed by atoms with van der Waals surface area (Å²) in [5.74, 6) is -1.13. The number of hydrogen-bond acceptors (Lipinski definition) is 7. The van der Waals surface area contributed by atoms with Crippen molar-refractivity contribution in [1.82, 2.24) is 24.6 Å². The minimum atomic E-state index is -1.03. The molecule has 0 radical (unpaired) electrons. The number of amides is 2. The molecule has 1 aliphatic rings. The van der Waals surface area contributed by atoms with E-state index in [4.69, 9.17) is 4.74 Å². The standard InChI is InChI=1S/C20H26N6O4/c1-12-5-7-25(8-6-12)18(28)19(29)30-11-17(27)23-16-10-15(4)24-26(16)20-21-13(2)9-14(3)22-20/h9-10,12H,5-8,11H2,1-4H3,(H,23,27). The van der Waals surface area contributed by atoms with Crippen LogP contribution in [-0.2, 0) is 19.1 Å². The lowest BCUT2D eigenvalue weighted by molar-refractivity contribution is -0.161. The van der Waals surface area contributed by atoms with E-state index in [-0.39, 0.29) is 0 Å². The highest BCUT2D eigenvalue weighted by molar-refractivity contribution is 6.32. The van der Waals surface area contributed by atoms with Gasteiger partial charge in [0.2, 0.25) is 0 Å². The lowest BCUT2D eigenvalue weighted by atomic mass is 9.99. The zero-order valence-electron chi connectivity index (χ0n) is 17.6. The molecule has 0 unspecified atom stereocenters. The third-order valence-electron chi connectivity index (χ3n) is 4.84. The molecule has 0 bridgehead atoms. The molecule has 10 nitrogen and oxygen atoms in total. The van der Waals surface area contributed by atoms with Gasteiger partial charge in [0.15, 0.2) is 6.61 Å². The Morgan fingerprint density at radius 2 is 1.70 bits per heavy atom. The molecule has 0 aliphatic carbocycles. The molecule has 3 heterocycles. The van der Waals surface area contributed by atoms with Crippen LogP contribution >= 0.6 is 0 Å². The van der Waals surface area contributed by atoms with Gasteiger partial charge in [0.25, 0.3) is 11.9 Å². The summed E-state index contributed by atoms with van der Waals surface area (Å²) in [5, 5.41) is 6.94. The normalized spacial score (nSPS) is 14.5. The second kappa shape index (κ2) is 9.02. The first kappa shape index (κ1) is 21.4. The van der Waals surface area contributed by atoms with Crippen molar-refractivity contribution in [3.8, 4) is 5.95 Å². The zero-order valence-corrected chi connectivity index (χ0v) is 17.6. The predicted octanol–water partition coefficient (Wildman–Crippen LogP) is 1.33. The van der Waals surface area contributed by atoms with Crippen LogP contribution in [0.3, 0.4) is 0 Å². The van der Waals surface area contributed by atoms with Crippen LogP contribution in [-0.4, -0.2) is 62.1 Å². The Hall–Kier alpha value is -3.30. The van der Waals surface area contributed by atoms with Gasteiger partial charge in [-0.2, -0.15) is 9.78 Å². The van der Waals surface area contributed by atoms with Gasteiger partial charge >= 0.3 is 11.9 Å². The maximum absolute atomic E-state index is 12.3. The average molecular weight is 414 g/mol. The van der Waals surface area contributed by atoms with E-state index in [9.17, 15) is 14.4 Å². The number of rotatable bonds is 4. The molecule has 0 spiro atoms. The molecule has 0 atom stereocenters. The molecule has 1 aliphatic heterocycles. The molecule has 3 rings (SSSR count). The number of hydrogen-bond donors (Lipinski definition) is 1. The molecule has 1 N–H and O–H groups in total. The number of nitrogens with zero attached hydrogens (tertiary/aromatic N) is 5. The Labute approximate surface area is 174 Å². The van der Waals surface area contributed by atoms with Crippen molar-refractivity contribution >= 4 is 23.6 Å². The Bertz CT molecular complexity index is 942. The van der Waals surface area contributed by atoms with Gasteiger partial charge in [-0.25, -0.2) is 14.8 Å². The van der Waals surface area contributed by atoms with E-state index in [0.717, 1.165) is 24.2 Å². The second-order valence-electron chi connectivity index (χ2n) is 7.63.